The number of hydrogen-bond acceptors (Lipinski definition) is 1. The number of Topliss-reactive ketones (excluding diaryl/α,β-unsaturated/α-hetero) is 1. The van der Waals surface area contributed by atoms with Gasteiger partial charge >= 0.3 is 0 Å². The second-order valence-corrected chi connectivity index (χ2v) is 2.75. The number of aryl methyl sites for hydroxylation is 1. The smallest absolute Gasteiger partial charge is 0.206 e. The summed E-state index contributed by atoms with van der Waals surface area (Å²) in [5, 5.41) is 0. The average molecular weight is 150 g/mol. The lowest BCUT2D eigenvalue weighted by molar-refractivity contribution is -0.684. The molecule has 0 saturated carbocycles. The molecule has 0 saturated heterocycles. The van der Waals surface area contributed by atoms with Crippen molar-refractivity contribution in [2.45, 2.75) is 20.4 Å². The van der Waals surface area contributed by atoms with Crippen molar-refractivity contribution in [2.75, 3.05) is 0 Å². The van der Waals surface area contributed by atoms with Crippen LogP contribution in [-0.4, -0.2) is 5.78 Å². The number of nitrogens with zero attached hydrogens (tertiary/aromatic N) is 1. The van der Waals surface area contributed by atoms with Crippen LogP contribution < -0.4 is 4.57 Å². The lowest BCUT2D eigenvalue weighted by Gasteiger charge is -1.92. The van der Waals surface area contributed by atoms with Crippen LogP contribution in [0.5, 0.6) is 0 Å². The van der Waals surface area contributed by atoms with Crippen LogP contribution in [0.2, 0.25) is 0 Å². The molecule has 0 aliphatic heterocycles. The van der Waals surface area contributed by atoms with E-state index in [0.29, 0.717) is 6.54 Å². The van der Waals surface area contributed by atoms with Gasteiger partial charge in [-0.25, -0.2) is 0 Å². The van der Waals surface area contributed by atoms with Crippen LogP contribution in [0.4, 0.5) is 0 Å². The summed E-state index contributed by atoms with van der Waals surface area (Å²) >= 11 is 0. The number of hydrogen-bond donors (Lipinski definition) is 0. The van der Waals surface area contributed by atoms with E-state index in [1.807, 2.05) is 36.0 Å². The van der Waals surface area contributed by atoms with Crippen molar-refractivity contribution in [2.24, 2.45) is 0 Å². The van der Waals surface area contributed by atoms with Gasteiger partial charge in [0.25, 0.3) is 0 Å². The van der Waals surface area contributed by atoms with E-state index in [9.17, 15) is 4.79 Å². The fourth-order valence-electron chi connectivity index (χ4n) is 0.894. The van der Waals surface area contributed by atoms with Gasteiger partial charge in [-0.2, -0.15) is 4.57 Å². The van der Waals surface area contributed by atoms with Gasteiger partial charge in [0.05, 0.1) is 0 Å². The molecule has 1 rings (SSSR count). The number of rotatable bonds is 2. The molecule has 2 nitrogen and oxygen atoms in total. The van der Waals surface area contributed by atoms with E-state index in [1.165, 1.54) is 5.56 Å². The van der Waals surface area contributed by atoms with Crippen molar-refractivity contribution < 1.29 is 9.36 Å². The first-order chi connectivity index (χ1) is 5.18. The predicted octanol–water partition coefficient (Wildman–Crippen LogP) is 0.872. The molecule has 0 fully saturated rings. The minimum absolute atomic E-state index is 0.179. The lowest BCUT2D eigenvalue weighted by atomic mass is 10.3. The number of carbonyl (C=O) groups is 1. The highest BCUT2D eigenvalue weighted by atomic mass is 16.1. The highest BCUT2D eigenvalue weighted by Gasteiger charge is 2.01. The molecule has 0 aliphatic rings. The summed E-state index contributed by atoms with van der Waals surface area (Å²) in [5.74, 6) is 0.179. The number of pyridine rings is 1. The maximum Gasteiger partial charge on any atom is 0.206 e. The second kappa shape index (κ2) is 3.28. The maximum absolute atomic E-state index is 10.7. The van der Waals surface area contributed by atoms with Gasteiger partial charge in [0.2, 0.25) is 6.54 Å². The molecule has 58 valence electrons. The lowest BCUT2D eigenvalue weighted by Crippen LogP contribution is -2.35. The zero-order chi connectivity index (χ0) is 8.27. The van der Waals surface area contributed by atoms with Crippen LogP contribution >= 0.6 is 0 Å². The summed E-state index contributed by atoms with van der Waals surface area (Å²) in [6.45, 7) is 4.09. The summed E-state index contributed by atoms with van der Waals surface area (Å²) in [6, 6.07) is 3.98. The van der Waals surface area contributed by atoms with E-state index in [1.54, 1.807) is 6.92 Å². The van der Waals surface area contributed by atoms with E-state index in [4.69, 9.17) is 0 Å². The maximum atomic E-state index is 10.7. The van der Waals surface area contributed by atoms with Crippen molar-refractivity contribution in [1.82, 2.24) is 0 Å². The van der Waals surface area contributed by atoms with Crippen molar-refractivity contribution >= 4 is 5.78 Å². The molecular weight excluding hydrogens is 138 g/mol. The summed E-state index contributed by atoms with van der Waals surface area (Å²) in [5.41, 5.74) is 1.21. The molecule has 1 aromatic rings. The molecule has 0 unspecified atom stereocenters. The Morgan fingerprint density at radius 1 is 1.45 bits per heavy atom. The Bertz CT molecular complexity index is 251. The van der Waals surface area contributed by atoms with E-state index >= 15 is 0 Å². The minimum atomic E-state index is 0.179. The molecule has 0 radical (unpaired) electrons. The van der Waals surface area contributed by atoms with Gasteiger partial charge in [-0.05, 0) is 12.5 Å². The first-order valence-electron chi connectivity index (χ1n) is 3.63. The fourth-order valence-corrected chi connectivity index (χ4v) is 0.894. The van der Waals surface area contributed by atoms with E-state index in [0.717, 1.165) is 0 Å². The topological polar surface area (TPSA) is 20.9 Å². The third kappa shape index (κ3) is 2.50. The molecular formula is C9H12NO+. The standard InChI is InChI=1S/C9H12NO/c1-8-3-5-10(6-4-8)7-9(2)11/h3-6H,7H2,1-2H3/q+1. The Morgan fingerprint density at radius 2 is 2.00 bits per heavy atom. The third-order valence-electron chi connectivity index (χ3n) is 1.46. The van der Waals surface area contributed by atoms with Crippen molar-refractivity contribution in [3.8, 4) is 0 Å². The SMILES string of the molecule is CC(=O)C[n+]1ccc(C)cc1. The molecule has 1 heterocycles. The van der Waals surface area contributed by atoms with E-state index in [2.05, 4.69) is 0 Å². The quantitative estimate of drug-likeness (QED) is 0.573. The van der Waals surface area contributed by atoms with Gasteiger partial charge in [0.1, 0.15) is 0 Å². The first-order valence-corrected chi connectivity index (χ1v) is 3.63. The summed E-state index contributed by atoms with van der Waals surface area (Å²) in [6.07, 6.45) is 3.83. The van der Waals surface area contributed by atoms with Gasteiger partial charge in [-0.3, -0.25) is 4.79 Å². The van der Waals surface area contributed by atoms with E-state index in [-0.39, 0.29) is 5.78 Å². The average Bonchev–Trinajstić information content (AvgIpc) is 1.93. The molecule has 2 heteroatoms. The van der Waals surface area contributed by atoms with Crippen LogP contribution in [0, 0.1) is 6.92 Å². The largest absolute Gasteiger partial charge is 0.293 e. The highest BCUT2D eigenvalue weighted by molar-refractivity contribution is 5.73. The molecule has 1 aromatic heterocycles. The Morgan fingerprint density at radius 3 is 2.45 bits per heavy atom. The van der Waals surface area contributed by atoms with Crippen molar-refractivity contribution in [3.05, 3.63) is 30.1 Å². The summed E-state index contributed by atoms with van der Waals surface area (Å²) in [4.78, 5) is 10.7. The third-order valence-corrected chi connectivity index (χ3v) is 1.46. The van der Waals surface area contributed by atoms with Crippen LogP contribution in [0.1, 0.15) is 12.5 Å². The zero-order valence-corrected chi connectivity index (χ0v) is 6.87. The Labute approximate surface area is 66.5 Å². The van der Waals surface area contributed by atoms with Crippen LogP contribution in [0.25, 0.3) is 0 Å². The summed E-state index contributed by atoms with van der Waals surface area (Å²) < 4.78 is 1.87. The van der Waals surface area contributed by atoms with Gasteiger partial charge in [0, 0.05) is 19.1 Å². The monoisotopic (exact) mass is 150 g/mol. The molecule has 0 spiro atoms. The predicted molar refractivity (Wildman–Crippen MR) is 42.1 cm³/mol. The van der Waals surface area contributed by atoms with Gasteiger partial charge in [-0.1, -0.05) is 0 Å². The van der Waals surface area contributed by atoms with Gasteiger partial charge < -0.3 is 0 Å². The van der Waals surface area contributed by atoms with Crippen molar-refractivity contribution in [3.63, 3.8) is 0 Å². The van der Waals surface area contributed by atoms with Crippen molar-refractivity contribution in [1.29, 1.82) is 0 Å². The number of aromatic nitrogens is 1. The van der Waals surface area contributed by atoms with Crippen LogP contribution in [0.15, 0.2) is 24.5 Å². The zero-order valence-electron chi connectivity index (χ0n) is 6.87. The highest BCUT2D eigenvalue weighted by Crippen LogP contribution is 1.89. The molecule has 0 aromatic carbocycles. The summed E-state index contributed by atoms with van der Waals surface area (Å²) in [7, 11) is 0. The van der Waals surface area contributed by atoms with Crippen LogP contribution in [0.3, 0.4) is 0 Å². The Kier molecular flexibility index (Phi) is 2.36. The van der Waals surface area contributed by atoms with Gasteiger partial charge in [0.15, 0.2) is 18.2 Å². The van der Waals surface area contributed by atoms with Crippen LogP contribution in [-0.2, 0) is 11.3 Å². The van der Waals surface area contributed by atoms with Gasteiger partial charge in [-0.15, -0.1) is 0 Å². The first kappa shape index (κ1) is 7.92. The normalized spacial score (nSPS) is 9.64. The second-order valence-electron chi connectivity index (χ2n) is 2.75. The molecule has 0 bridgehead atoms. The van der Waals surface area contributed by atoms with E-state index < -0.39 is 0 Å². The number of carbonyl (C=O) groups excluding carboxylic acids is 1. The molecule has 0 aliphatic carbocycles. The molecule has 0 atom stereocenters. The molecule has 0 amide bonds. The molecule has 0 N–H and O–H groups in total. The minimum Gasteiger partial charge on any atom is -0.293 e. The number of ketones is 1. The Balaban J connectivity index is 2.74. The fraction of sp³-hybridized carbons (Fsp3) is 0.333. The molecule has 11 heavy (non-hydrogen) atoms. The Hall–Kier alpha value is -1.18.